The first-order chi connectivity index (χ1) is 6.70. The van der Waals surface area contributed by atoms with Crippen LogP contribution in [-0.2, 0) is 4.74 Å². The van der Waals surface area contributed by atoms with Crippen LogP contribution in [0.1, 0.15) is 19.8 Å². The summed E-state index contributed by atoms with van der Waals surface area (Å²) in [6.07, 6.45) is 7.64. The van der Waals surface area contributed by atoms with Crippen LogP contribution >= 0.6 is 0 Å². The lowest BCUT2D eigenvalue weighted by Crippen LogP contribution is -2.11. The number of ether oxygens (including phenoxy) is 1. The number of unbranched alkanes of at least 4 members (excludes halogenated alkanes) is 1. The Kier molecular flexibility index (Phi) is 7.71. The van der Waals surface area contributed by atoms with Crippen LogP contribution in [0.25, 0.3) is 0 Å². The largest absolute Gasteiger partial charge is 0.498 e. The predicted octanol–water partition coefficient (Wildman–Crippen LogP) is 2.95. The lowest BCUT2D eigenvalue weighted by atomic mass is 10.3. The summed E-state index contributed by atoms with van der Waals surface area (Å²) in [6, 6.07) is 0. The third kappa shape index (κ3) is 7.47. The Hall–Kier alpha value is -1.18. The summed E-state index contributed by atoms with van der Waals surface area (Å²) in [5.41, 5.74) is 0. The minimum Gasteiger partial charge on any atom is -0.498 e. The number of nitrogens with zero attached hydrogens (tertiary/aromatic N) is 1. The van der Waals surface area contributed by atoms with Crippen molar-refractivity contribution in [2.75, 3.05) is 20.2 Å². The van der Waals surface area contributed by atoms with Crippen LogP contribution in [0.4, 0.5) is 0 Å². The molecule has 0 fully saturated rings. The van der Waals surface area contributed by atoms with Crippen molar-refractivity contribution >= 4 is 0 Å². The zero-order valence-electron chi connectivity index (χ0n) is 9.33. The molecule has 0 saturated carbocycles. The summed E-state index contributed by atoms with van der Waals surface area (Å²) in [6.45, 7) is 11.1. The molecule has 0 unspecified atom stereocenters. The van der Waals surface area contributed by atoms with E-state index in [1.54, 1.807) is 6.08 Å². The van der Waals surface area contributed by atoms with Gasteiger partial charge < -0.3 is 9.64 Å². The smallest absolute Gasteiger partial charge is 0.0928 e. The number of hydrogen-bond donors (Lipinski definition) is 0. The molecule has 80 valence electrons. The van der Waals surface area contributed by atoms with Crippen molar-refractivity contribution < 1.29 is 4.74 Å². The van der Waals surface area contributed by atoms with Gasteiger partial charge in [-0.05, 0) is 32.0 Å². The highest BCUT2D eigenvalue weighted by Crippen LogP contribution is 1.99. The van der Waals surface area contributed by atoms with Crippen molar-refractivity contribution in [1.82, 2.24) is 4.90 Å². The molecule has 0 saturated heterocycles. The second-order valence-corrected chi connectivity index (χ2v) is 3.23. The van der Waals surface area contributed by atoms with Crippen LogP contribution in [0.3, 0.4) is 0 Å². The van der Waals surface area contributed by atoms with Gasteiger partial charge in [-0.1, -0.05) is 19.2 Å². The summed E-state index contributed by atoms with van der Waals surface area (Å²) in [5.74, 6) is 0.928. The van der Waals surface area contributed by atoms with Gasteiger partial charge >= 0.3 is 0 Å². The second-order valence-electron chi connectivity index (χ2n) is 3.23. The Balaban J connectivity index is 3.33. The van der Waals surface area contributed by atoms with E-state index in [2.05, 4.69) is 18.1 Å². The predicted molar refractivity (Wildman–Crippen MR) is 62.0 cm³/mol. The lowest BCUT2D eigenvalue weighted by Gasteiger charge is -2.12. The summed E-state index contributed by atoms with van der Waals surface area (Å²) in [4.78, 5) is 2.08. The topological polar surface area (TPSA) is 12.5 Å². The Morgan fingerprint density at radius 2 is 2.07 bits per heavy atom. The molecular formula is C12H21NO. The molecule has 0 aliphatic heterocycles. The number of allylic oxidation sites excluding steroid dienone is 3. The maximum absolute atomic E-state index is 5.44. The van der Waals surface area contributed by atoms with Crippen LogP contribution in [-0.4, -0.2) is 25.1 Å². The molecule has 0 bridgehead atoms. The van der Waals surface area contributed by atoms with E-state index in [1.807, 2.05) is 26.2 Å². The monoisotopic (exact) mass is 195 g/mol. The van der Waals surface area contributed by atoms with Gasteiger partial charge in [0.1, 0.15) is 0 Å². The van der Waals surface area contributed by atoms with E-state index in [0.29, 0.717) is 0 Å². The van der Waals surface area contributed by atoms with Gasteiger partial charge in [0.2, 0.25) is 0 Å². The van der Waals surface area contributed by atoms with Gasteiger partial charge in [0.05, 0.1) is 12.4 Å². The van der Waals surface area contributed by atoms with E-state index in [1.165, 1.54) is 0 Å². The molecule has 0 atom stereocenters. The van der Waals surface area contributed by atoms with Gasteiger partial charge in [0.25, 0.3) is 0 Å². The van der Waals surface area contributed by atoms with Crippen molar-refractivity contribution in [3.05, 3.63) is 37.3 Å². The van der Waals surface area contributed by atoms with Gasteiger partial charge in [-0.2, -0.15) is 0 Å². The maximum Gasteiger partial charge on any atom is 0.0928 e. The molecule has 2 nitrogen and oxygen atoms in total. The van der Waals surface area contributed by atoms with E-state index < -0.39 is 0 Å². The van der Waals surface area contributed by atoms with Crippen molar-refractivity contribution in [2.45, 2.75) is 19.8 Å². The van der Waals surface area contributed by atoms with Crippen LogP contribution in [0.5, 0.6) is 0 Å². The summed E-state index contributed by atoms with van der Waals surface area (Å²) in [5, 5.41) is 0. The molecule has 2 heteroatoms. The molecule has 0 heterocycles. The summed E-state index contributed by atoms with van der Waals surface area (Å²) >= 11 is 0. The second kappa shape index (κ2) is 8.42. The van der Waals surface area contributed by atoms with Gasteiger partial charge in [-0.15, -0.1) is 0 Å². The minimum atomic E-state index is 0.779. The first-order valence-electron chi connectivity index (χ1n) is 4.95. The van der Waals surface area contributed by atoms with E-state index in [0.717, 1.165) is 31.8 Å². The van der Waals surface area contributed by atoms with E-state index >= 15 is 0 Å². The molecule has 0 radical (unpaired) electrons. The molecule has 0 aromatic carbocycles. The maximum atomic E-state index is 5.44. The number of rotatable bonds is 8. The molecule has 0 amide bonds. The molecule has 0 aromatic heterocycles. The highest BCUT2D eigenvalue weighted by Gasteiger charge is 1.92. The first-order valence-corrected chi connectivity index (χ1v) is 4.95. The third-order valence-electron chi connectivity index (χ3n) is 1.90. The molecule has 0 aliphatic rings. The first kappa shape index (κ1) is 12.8. The van der Waals surface area contributed by atoms with E-state index in [-0.39, 0.29) is 0 Å². The SMILES string of the molecule is C=C/C=C(\C)OCCCCN(C)C=C. The fraction of sp³-hybridized carbons (Fsp3) is 0.500. The number of hydrogen-bond acceptors (Lipinski definition) is 2. The van der Waals surface area contributed by atoms with Gasteiger partial charge in [-0.3, -0.25) is 0 Å². The average Bonchev–Trinajstić information content (AvgIpc) is 2.17. The highest BCUT2D eigenvalue weighted by molar-refractivity contribution is 5.01. The lowest BCUT2D eigenvalue weighted by molar-refractivity contribution is 0.205. The van der Waals surface area contributed by atoms with Gasteiger partial charge in [0.15, 0.2) is 0 Å². The zero-order valence-corrected chi connectivity index (χ0v) is 9.33. The van der Waals surface area contributed by atoms with Gasteiger partial charge in [0, 0.05) is 13.6 Å². The quantitative estimate of drug-likeness (QED) is 0.335. The van der Waals surface area contributed by atoms with Crippen molar-refractivity contribution in [3.8, 4) is 0 Å². The Labute approximate surface area is 87.6 Å². The summed E-state index contributed by atoms with van der Waals surface area (Å²) < 4.78 is 5.44. The molecular weight excluding hydrogens is 174 g/mol. The third-order valence-corrected chi connectivity index (χ3v) is 1.90. The standard InChI is InChI=1S/C12H21NO/c1-5-9-12(3)14-11-8-7-10-13(4)6-2/h5-6,9H,1-2,7-8,10-11H2,3-4H3/b12-9+. The van der Waals surface area contributed by atoms with Crippen LogP contribution < -0.4 is 0 Å². The van der Waals surface area contributed by atoms with Crippen LogP contribution in [0, 0.1) is 0 Å². The average molecular weight is 195 g/mol. The molecule has 0 aromatic rings. The summed E-state index contributed by atoms with van der Waals surface area (Å²) in [7, 11) is 2.02. The van der Waals surface area contributed by atoms with Crippen LogP contribution in [0.15, 0.2) is 37.3 Å². The van der Waals surface area contributed by atoms with E-state index in [9.17, 15) is 0 Å². The Bertz CT molecular complexity index is 196. The normalized spacial score (nSPS) is 10.9. The van der Waals surface area contributed by atoms with Crippen LogP contribution in [0.2, 0.25) is 0 Å². The van der Waals surface area contributed by atoms with E-state index in [4.69, 9.17) is 4.74 Å². The highest BCUT2D eigenvalue weighted by atomic mass is 16.5. The molecule has 0 rings (SSSR count). The Morgan fingerprint density at radius 1 is 1.36 bits per heavy atom. The van der Waals surface area contributed by atoms with Crippen molar-refractivity contribution in [3.63, 3.8) is 0 Å². The fourth-order valence-corrected chi connectivity index (χ4v) is 1.00. The van der Waals surface area contributed by atoms with Crippen molar-refractivity contribution in [1.29, 1.82) is 0 Å². The molecule has 0 N–H and O–H groups in total. The zero-order chi connectivity index (χ0) is 10.8. The van der Waals surface area contributed by atoms with Crippen molar-refractivity contribution in [2.24, 2.45) is 0 Å². The molecule has 0 aliphatic carbocycles. The molecule has 14 heavy (non-hydrogen) atoms. The molecule has 0 spiro atoms. The van der Waals surface area contributed by atoms with Gasteiger partial charge in [-0.25, -0.2) is 0 Å². The minimum absolute atomic E-state index is 0.779. The fourth-order valence-electron chi connectivity index (χ4n) is 1.00. The Morgan fingerprint density at radius 3 is 2.64 bits per heavy atom.